The summed E-state index contributed by atoms with van der Waals surface area (Å²) >= 11 is 1.28. The predicted molar refractivity (Wildman–Crippen MR) is 178 cm³/mol. The smallest absolute Gasteiger partial charge is 0.301 e. The lowest BCUT2D eigenvalue weighted by Gasteiger charge is -2.24. The monoisotopic (exact) mass is 642 g/mol. The number of thiazole rings is 1. The van der Waals surface area contributed by atoms with Gasteiger partial charge in [0.1, 0.15) is 23.4 Å². The van der Waals surface area contributed by atoms with Gasteiger partial charge in [-0.2, -0.15) is 0 Å². The summed E-state index contributed by atoms with van der Waals surface area (Å²) in [6.07, 6.45) is 3.74. The van der Waals surface area contributed by atoms with Gasteiger partial charge in [0.2, 0.25) is 0 Å². The molecule has 46 heavy (non-hydrogen) atoms. The SMILES string of the molecule is CCCCCOc1ccc([C@H]2/C(=C(\O)c3ccc4c(c3)C[C@@H](C)O4)C(=O)C(=O)N2c2nc3ccc(OCC)cc3s2)cc1OCC. The van der Waals surface area contributed by atoms with Crippen LogP contribution >= 0.6 is 11.3 Å². The second-order valence-electron chi connectivity index (χ2n) is 11.4. The molecule has 1 saturated heterocycles. The Morgan fingerprint density at radius 1 is 0.978 bits per heavy atom. The number of benzene rings is 3. The normalized spacial score (nSPS) is 18.6. The summed E-state index contributed by atoms with van der Waals surface area (Å²) in [7, 11) is 0. The van der Waals surface area contributed by atoms with Crippen molar-refractivity contribution in [3.8, 4) is 23.0 Å². The molecule has 0 radical (unpaired) electrons. The number of ketones is 1. The van der Waals surface area contributed by atoms with E-state index in [0.717, 1.165) is 35.3 Å². The number of anilines is 1. The van der Waals surface area contributed by atoms with Crippen LogP contribution in [0.3, 0.4) is 0 Å². The fourth-order valence-electron chi connectivity index (χ4n) is 5.94. The highest BCUT2D eigenvalue weighted by molar-refractivity contribution is 7.22. The van der Waals surface area contributed by atoms with Crippen LogP contribution in [-0.4, -0.2) is 47.7 Å². The summed E-state index contributed by atoms with van der Waals surface area (Å²) in [6.45, 7) is 9.36. The summed E-state index contributed by atoms with van der Waals surface area (Å²) in [4.78, 5) is 33.9. The van der Waals surface area contributed by atoms with Crippen molar-refractivity contribution in [1.82, 2.24) is 4.98 Å². The molecule has 1 fully saturated rings. The molecule has 0 unspecified atom stereocenters. The van der Waals surface area contributed by atoms with Crippen molar-refractivity contribution in [1.29, 1.82) is 0 Å². The summed E-state index contributed by atoms with van der Waals surface area (Å²) < 4.78 is 24.4. The molecule has 2 aliphatic rings. The maximum atomic E-state index is 13.9. The molecule has 0 aliphatic carbocycles. The number of hydrogen-bond acceptors (Lipinski definition) is 9. The molecule has 4 aromatic rings. The molecule has 240 valence electrons. The molecule has 2 atom stereocenters. The number of aliphatic hydroxyl groups excluding tert-OH is 1. The first-order chi connectivity index (χ1) is 22.3. The van der Waals surface area contributed by atoms with Crippen LogP contribution in [0.4, 0.5) is 5.13 Å². The lowest BCUT2D eigenvalue weighted by molar-refractivity contribution is -0.132. The van der Waals surface area contributed by atoms with Crippen molar-refractivity contribution in [2.45, 2.75) is 65.5 Å². The van der Waals surface area contributed by atoms with Crippen LogP contribution in [0.25, 0.3) is 16.0 Å². The van der Waals surface area contributed by atoms with Gasteiger partial charge in [0.25, 0.3) is 5.78 Å². The van der Waals surface area contributed by atoms with E-state index in [0.29, 0.717) is 65.3 Å². The number of nitrogens with zero attached hydrogens (tertiary/aromatic N) is 2. The molecule has 2 aliphatic heterocycles. The Morgan fingerprint density at radius 3 is 2.59 bits per heavy atom. The number of hydrogen-bond donors (Lipinski definition) is 1. The van der Waals surface area contributed by atoms with Crippen molar-refractivity contribution >= 4 is 44.1 Å². The molecule has 10 heteroatoms. The molecule has 3 aromatic carbocycles. The minimum absolute atomic E-state index is 0.0138. The van der Waals surface area contributed by atoms with E-state index in [1.165, 1.54) is 16.2 Å². The second-order valence-corrected chi connectivity index (χ2v) is 12.4. The number of unbranched alkanes of at least 4 members (excludes halogenated alkanes) is 2. The maximum Gasteiger partial charge on any atom is 0.301 e. The van der Waals surface area contributed by atoms with E-state index in [2.05, 4.69) is 6.92 Å². The van der Waals surface area contributed by atoms with Gasteiger partial charge in [-0.05, 0) is 86.8 Å². The van der Waals surface area contributed by atoms with E-state index >= 15 is 0 Å². The van der Waals surface area contributed by atoms with Crippen molar-refractivity contribution in [2.75, 3.05) is 24.7 Å². The summed E-state index contributed by atoms with van der Waals surface area (Å²) in [5.41, 5.74) is 2.60. The molecule has 1 N–H and O–H groups in total. The Morgan fingerprint density at radius 2 is 1.80 bits per heavy atom. The van der Waals surface area contributed by atoms with E-state index in [4.69, 9.17) is 23.9 Å². The zero-order valence-electron chi connectivity index (χ0n) is 26.5. The van der Waals surface area contributed by atoms with Gasteiger partial charge >= 0.3 is 5.91 Å². The van der Waals surface area contributed by atoms with Gasteiger partial charge in [0.05, 0.1) is 41.7 Å². The Kier molecular flexibility index (Phi) is 9.17. The van der Waals surface area contributed by atoms with Crippen LogP contribution in [0.1, 0.15) is 69.7 Å². The van der Waals surface area contributed by atoms with Crippen molar-refractivity contribution in [3.05, 3.63) is 76.9 Å². The fraction of sp³-hybridized carbons (Fsp3) is 0.361. The molecule has 9 nitrogen and oxygen atoms in total. The van der Waals surface area contributed by atoms with Crippen LogP contribution in [0, 0.1) is 0 Å². The third-order valence-corrected chi connectivity index (χ3v) is 9.09. The van der Waals surface area contributed by atoms with Crippen LogP contribution in [0.2, 0.25) is 0 Å². The number of fused-ring (bicyclic) bond motifs is 2. The quantitative estimate of drug-likeness (QED) is 0.0728. The van der Waals surface area contributed by atoms with Gasteiger partial charge in [0, 0.05) is 12.0 Å². The van der Waals surface area contributed by atoms with Gasteiger partial charge in [0.15, 0.2) is 16.6 Å². The minimum atomic E-state index is -0.969. The number of aromatic nitrogens is 1. The topological polar surface area (TPSA) is 107 Å². The van der Waals surface area contributed by atoms with Crippen LogP contribution in [-0.2, 0) is 16.0 Å². The number of aliphatic hydroxyl groups is 1. The number of Topliss-reactive ketones (excluding diaryl/α,β-unsaturated/α-hetero) is 1. The largest absolute Gasteiger partial charge is 0.507 e. The van der Waals surface area contributed by atoms with E-state index in [9.17, 15) is 14.7 Å². The highest BCUT2D eigenvalue weighted by Crippen LogP contribution is 2.46. The third kappa shape index (κ3) is 6.01. The Hall–Kier alpha value is -4.57. The molecule has 6 rings (SSSR count). The maximum absolute atomic E-state index is 13.9. The number of amides is 1. The number of ether oxygens (including phenoxy) is 4. The Labute approximate surface area is 272 Å². The zero-order valence-corrected chi connectivity index (χ0v) is 27.3. The molecule has 0 saturated carbocycles. The number of carbonyl (C=O) groups excluding carboxylic acids is 2. The van der Waals surface area contributed by atoms with Gasteiger partial charge in [-0.3, -0.25) is 14.5 Å². The molecule has 0 spiro atoms. The lowest BCUT2D eigenvalue weighted by atomic mass is 9.94. The van der Waals surface area contributed by atoms with Crippen LogP contribution in [0.15, 0.2) is 60.2 Å². The number of rotatable bonds is 12. The van der Waals surface area contributed by atoms with E-state index in [1.807, 2.05) is 51.1 Å². The first-order valence-electron chi connectivity index (χ1n) is 15.9. The number of carbonyl (C=O) groups is 2. The molecule has 0 bridgehead atoms. The van der Waals surface area contributed by atoms with Gasteiger partial charge in [-0.1, -0.05) is 37.2 Å². The Bertz CT molecular complexity index is 1810. The summed E-state index contributed by atoms with van der Waals surface area (Å²) in [5, 5.41) is 12.1. The summed E-state index contributed by atoms with van der Waals surface area (Å²) in [6, 6.07) is 15.3. The van der Waals surface area contributed by atoms with Crippen LogP contribution in [0.5, 0.6) is 23.0 Å². The predicted octanol–water partition coefficient (Wildman–Crippen LogP) is 7.61. The third-order valence-electron chi connectivity index (χ3n) is 8.07. The zero-order chi connectivity index (χ0) is 32.4. The lowest BCUT2D eigenvalue weighted by Crippen LogP contribution is -2.29. The van der Waals surface area contributed by atoms with Gasteiger partial charge < -0.3 is 24.1 Å². The minimum Gasteiger partial charge on any atom is -0.507 e. The average Bonchev–Trinajstić information content (AvgIpc) is 3.71. The molecular weight excluding hydrogens is 604 g/mol. The molecular formula is C36H38N2O7S. The van der Waals surface area contributed by atoms with E-state index in [1.54, 1.807) is 24.3 Å². The van der Waals surface area contributed by atoms with Gasteiger partial charge in [-0.15, -0.1) is 0 Å². The summed E-state index contributed by atoms with van der Waals surface area (Å²) in [5.74, 6) is 0.691. The van der Waals surface area contributed by atoms with Crippen molar-refractivity contribution in [3.63, 3.8) is 0 Å². The average molecular weight is 643 g/mol. The highest BCUT2D eigenvalue weighted by atomic mass is 32.1. The van der Waals surface area contributed by atoms with E-state index in [-0.39, 0.29) is 17.4 Å². The second kappa shape index (κ2) is 13.4. The fourth-order valence-corrected chi connectivity index (χ4v) is 6.96. The first-order valence-corrected chi connectivity index (χ1v) is 16.7. The first kappa shape index (κ1) is 31.4. The molecule has 1 amide bonds. The van der Waals surface area contributed by atoms with Crippen molar-refractivity contribution < 1.29 is 33.6 Å². The van der Waals surface area contributed by atoms with Crippen molar-refractivity contribution in [2.24, 2.45) is 0 Å². The highest BCUT2D eigenvalue weighted by Gasteiger charge is 2.48. The standard InChI is InChI=1S/C36H38N2O7S/c1-5-8-9-16-44-28-15-10-22(19-29(28)43-7-3)32-31(33(39)23-11-14-27-24(18-23)17-21(4)45-27)34(40)35(41)38(32)36-37-26-13-12-25(42-6-2)20-30(26)46-36/h10-15,18-21,32,39H,5-9,16-17H2,1-4H3/b33-31+/t21-,32+/m1/s1. The van der Waals surface area contributed by atoms with Gasteiger partial charge in [-0.25, -0.2) is 4.98 Å². The Balaban J connectivity index is 1.48. The molecule has 1 aromatic heterocycles. The molecule has 3 heterocycles. The van der Waals surface area contributed by atoms with Crippen LogP contribution < -0.4 is 23.8 Å². The van der Waals surface area contributed by atoms with E-state index < -0.39 is 17.7 Å².